The first kappa shape index (κ1) is 19.3. The van der Waals surface area contributed by atoms with Gasteiger partial charge in [-0.2, -0.15) is 0 Å². The van der Waals surface area contributed by atoms with E-state index in [1.165, 1.54) is 0 Å². The summed E-state index contributed by atoms with van der Waals surface area (Å²) >= 11 is 0. The molecule has 0 saturated heterocycles. The van der Waals surface area contributed by atoms with E-state index in [-0.39, 0.29) is 17.0 Å². The number of carbonyl (C=O) groups excluding carboxylic acids is 1. The van der Waals surface area contributed by atoms with E-state index >= 15 is 0 Å². The minimum Gasteiger partial charge on any atom is -0.544 e. The number of hydrogen-bond acceptors (Lipinski definition) is 4. The summed E-state index contributed by atoms with van der Waals surface area (Å²) in [6.45, 7) is 13.0. The Morgan fingerprint density at radius 3 is 2.28 bits per heavy atom. The second-order valence-corrected chi connectivity index (χ2v) is 12.7. The highest BCUT2D eigenvalue weighted by atomic mass is 28.4. The Hall–Kier alpha value is -2.01. The number of rotatable bonds is 7. The Bertz CT molecular complexity index is 672. The summed E-state index contributed by atoms with van der Waals surface area (Å²) in [7, 11) is -1.84. The maximum Gasteiger partial charge on any atom is 0.250 e. The van der Waals surface area contributed by atoms with Crippen molar-refractivity contribution in [3.63, 3.8) is 0 Å². The van der Waals surface area contributed by atoms with Crippen LogP contribution in [0.15, 0.2) is 47.1 Å². The van der Waals surface area contributed by atoms with Crippen molar-refractivity contribution in [3.05, 3.63) is 48.4 Å². The Morgan fingerprint density at radius 1 is 1.16 bits per heavy atom. The first-order valence-corrected chi connectivity index (χ1v) is 11.6. The molecule has 136 valence electrons. The molecule has 0 aliphatic heterocycles. The van der Waals surface area contributed by atoms with E-state index in [0.29, 0.717) is 0 Å². The van der Waals surface area contributed by atoms with Crippen molar-refractivity contribution >= 4 is 20.3 Å². The molecule has 5 heteroatoms. The standard InChI is InChI=1S/C20H29NO3Si/c1-15(14-22)19(18-8-7-13-23-18)21-16-9-11-17(12-10-16)24-25(5,6)20(2,3)4/h7-15,19,21H,1-6H3/t15-,19+/m1/s1. The molecule has 25 heavy (non-hydrogen) atoms. The fraction of sp³-hybridized carbons (Fsp3) is 0.450. The summed E-state index contributed by atoms with van der Waals surface area (Å²) < 4.78 is 11.8. The number of benzene rings is 1. The molecular formula is C20H29NO3Si. The van der Waals surface area contributed by atoms with Gasteiger partial charge in [0.25, 0.3) is 0 Å². The molecule has 0 amide bonds. The summed E-state index contributed by atoms with van der Waals surface area (Å²) in [5.74, 6) is 1.44. The molecule has 1 heterocycles. The Morgan fingerprint density at radius 2 is 1.80 bits per heavy atom. The molecular weight excluding hydrogens is 330 g/mol. The van der Waals surface area contributed by atoms with Gasteiger partial charge >= 0.3 is 0 Å². The average Bonchev–Trinajstić information content (AvgIpc) is 3.06. The smallest absolute Gasteiger partial charge is 0.250 e. The lowest BCUT2D eigenvalue weighted by Gasteiger charge is -2.36. The fourth-order valence-electron chi connectivity index (χ4n) is 2.25. The van der Waals surface area contributed by atoms with Crippen LogP contribution in [0.3, 0.4) is 0 Å². The van der Waals surface area contributed by atoms with Gasteiger partial charge in [0.1, 0.15) is 17.8 Å². The van der Waals surface area contributed by atoms with Crippen molar-refractivity contribution in [2.75, 3.05) is 5.32 Å². The van der Waals surface area contributed by atoms with Gasteiger partial charge in [-0.15, -0.1) is 0 Å². The fourth-order valence-corrected chi connectivity index (χ4v) is 3.29. The molecule has 0 bridgehead atoms. The van der Waals surface area contributed by atoms with E-state index in [1.54, 1.807) is 6.26 Å². The zero-order valence-corrected chi connectivity index (χ0v) is 17.0. The number of anilines is 1. The Balaban J connectivity index is 2.12. The number of hydrogen-bond donors (Lipinski definition) is 1. The molecule has 0 unspecified atom stereocenters. The van der Waals surface area contributed by atoms with E-state index < -0.39 is 8.32 Å². The van der Waals surface area contributed by atoms with Crippen molar-refractivity contribution in [2.45, 2.75) is 51.9 Å². The lowest BCUT2D eigenvalue weighted by Crippen LogP contribution is -2.43. The molecule has 0 aliphatic carbocycles. The van der Waals surface area contributed by atoms with Gasteiger partial charge in [0.05, 0.1) is 12.3 Å². The Kier molecular flexibility index (Phi) is 5.78. The molecule has 1 N–H and O–H groups in total. The molecule has 2 rings (SSSR count). The zero-order chi connectivity index (χ0) is 18.7. The van der Waals surface area contributed by atoms with Crippen molar-refractivity contribution in [1.82, 2.24) is 0 Å². The highest BCUT2D eigenvalue weighted by Gasteiger charge is 2.38. The van der Waals surface area contributed by atoms with Crippen molar-refractivity contribution < 1.29 is 13.6 Å². The van der Waals surface area contributed by atoms with Crippen LogP contribution in [0, 0.1) is 5.92 Å². The largest absolute Gasteiger partial charge is 0.544 e. The summed E-state index contributed by atoms with van der Waals surface area (Å²) in [6.07, 6.45) is 2.56. The summed E-state index contributed by atoms with van der Waals surface area (Å²) in [6, 6.07) is 11.4. The van der Waals surface area contributed by atoms with E-state index in [1.807, 2.05) is 43.3 Å². The van der Waals surface area contributed by atoms with E-state index in [0.717, 1.165) is 23.5 Å². The van der Waals surface area contributed by atoms with Crippen LogP contribution in [0.5, 0.6) is 5.75 Å². The van der Waals surface area contributed by atoms with Crippen LogP contribution in [0.4, 0.5) is 5.69 Å². The van der Waals surface area contributed by atoms with Gasteiger partial charge in [-0.3, -0.25) is 0 Å². The Labute approximate surface area is 151 Å². The van der Waals surface area contributed by atoms with Gasteiger partial charge < -0.3 is 19.0 Å². The molecule has 2 aromatic rings. The van der Waals surface area contributed by atoms with Crippen molar-refractivity contribution in [3.8, 4) is 5.75 Å². The maximum atomic E-state index is 11.2. The SMILES string of the molecule is C[C@H](C=O)[C@H](Nc1ccc(O[Si](C)(C)C(C)(C)C)cc1)c1ccco1. The number of carbonyl (C=O) groups is 1. The molecule has 2 atom stereocenters. The molecule has 0 spiro atoms. The molecule has 4 nitrogen and oxygen atoms in total. The quantitative estimate of drug-likeness (QED) is 0.512. The highest BCUT2D eigenvalue weighted by Crippen LogP contribution is 2.37. The van der Waals surface area contributed by atoms with Crippen molar-refractivity contribution in [1.29, 1.82) is 0 Å². The highest BCUT2D eigenvalue weighted by molar-refractivity contribution is 6.74. The van der Waals surface area contributed by atoms with Gasteiger partial charge in [0.15, 0.2) is 0 Å². The van der Waals surface area contributed by atoms with Gasteiger partial charge in [-0.25, -0.2) is 0 Å². The number of furan rings is 1. The van der Waals surface area contributed by atoms with E-state index in [2.05, 4.69) is 39.2 Å². The number of aldehydes is 1. The van der Waals surface area contributed by atoms with Crippen LogP contribution >= 0.6 is 0 Å². The number of nitrogens with one attached hydrogen (secondary N) is 1. The second kappa shape index (κ2) is 7.48. The lowest BCUT2D eigenvalue weighted by molar-refractivity contribution is -0.111. The van der Waals surface area contributed by atoms with E-state index in [9.17, 15) is 4.79 Å². The molecule has 0 fully saturated rings. The predicted molar refractivity (Wildman–Crippen MR) is 105 cm³/mol. The van der Waals surface area contributed by atoms with E-state index in [4.69, 9.17) is 8.84 Å². The van der Waals surface area contributed by atoms with Crippen LogP contribution in [-0.2, 0) is 4.79 Å². The summed E-state index contributed by atoms with van der Waals surface area (Å²) in [4.78, 5) is 11.2. The first-order valence-electron chi connectivity index (χ1n) is 8.68. The lowest BCUT2D eigenvalue weighted by atomic mass is 10.0. The van der Waals surface area contributed by atoms with Gasteiger partial charge in [-0.1, -0.05) is 27.7 Å². The predicted octanol–water partition coefficient (Wildman–Crippen LogP) is 5.65. The van der Waals surface area contributed by atoms with Gasteiger partial charge in [0, 0.05) is 11.6 Å². The molecule has 0 radical (unpaired) electrons. The normalized spacial score (nSPS) is 14.6. The summed E-state index contributed by atoms with van der Waals surface area (Å²) in [5.41, 5.74) is 0.928. The van der Waals surface area contributed by atoms with Crippen LogP contribution < -0.4 is 9.74 Å². The van der Waals surface area contributed by atoms with Gasteiger partial charge in [-0.05, 0) is 54.5 Å². The van der Waals surface area contributed by atoms with Crippen LogP contribution in [0.2, 0.25) is 18.1 Å². The first-order chi connectivity index (χ1) is 11.6. The average molecular weight is 360 g/mol. The third kappa shape index (κ3) is 4.75. The third-order valence-electron chi connectivity index (χ3n) is 4.95. The minimum atomic E-state index is -1.84. The topological polar surface area (TPSA) is 51.5 Å². The monoisotopic (exact) mass is 359 g/mol. The van der Waals surface area contributed by atoms with Gasteiger partial charge in [0.2, 0.25) is 8.32 Å². The van der Waals surface area contributed by atoms with Crippen LogP contribution in [0.1, 0.15) is 39.5 Å². The summed E-state index contributed by atoms with van der Waals surface area (Å²) in [5, 5.41) is 3.54. The molecule has 1 aromatic heterocycles. The zero-order valence-electron chi connectivity index (χ0n) is 16.0. The molecule has 0 saturated carbocycles. The van der Waals surface area contributed by atoms with Crippen LogP contribution in [0.25, 0.3) is 0 Å². The maximum absolute atomic E-state index is 11.2. The minimum absolute atomic E-state index is 0.160. The molecule has 1 aromatic carbocycles. The second-order valence-electron chi connectivity index (χ2n) is 8.02. The van der Waals surface area contributed by atoms with Crippen molar-refractivity contribution in [2.24, 2.45) is 5.92 Å². The molecule has 0 aliphatic rings. The third-order valence-corrected chi connectivity index (χ3v) is 9.30. The van der Waals surface area contributed by atoms with Crippen LogP contribution in [-0.4, -0.2) is 14.6 Å².